The summed E-state index contributed by atoms with van der Waals surface area (Å²) in [5.74, 6) is -0.354. The third-order valence-electron chi connectivity index (χ3n) is 9.22. The van der Waals surface area contributed by atoms with Crippen LogP contribution in [0.4, 0.5) is 4.79 Å². The van der Waals surface area contributed by atoms with Gasteiger partial charge in [-0.1, -0.05) is 44.0 Å². The van der Waals surface area contributed by atoms with E-state index in [1.54, 1.807) is 6.92 Å². The van der Waals surface area contributed by atoms with Gasteiger partial charge >= 0.3 is 18.0 Å². The fraction of sp³-hybridized carbons (Fsp3) is 0.474. The number of esters is 2. The van der Waals surface area contributed by atoms with Crippen LogP contribution in [0.25, 0.3) is 11.1 Å². The number of aliphatic imine (C=N–C) groups is 1. The van der Waals surface area contributed by atoms with Gasteiger partial charge in [-0.2, -0.15) is 0 Å². The highest BCUT2D eigenvalue weighted by Crippen LogP contribution is 2.50. The van der Waals surface area contributed by atoms with Gasteiger partial charge < -0.3 is 24.6 Å². The summed E-state index contributed by atoms with van der Waals surface area (Å²) >= 11 is 7.07. The molecule has 6 rings (SSSR count). The lowest BCUT2D eigenvalue weighted by Gasteiger charge is -2.24. The molecule has 4 aliphatic rings. The number of alkyl carbamates (subject to hydrolysis) is 1. The predicted molar refractivity (Wildman–Crippen MR) is 197 cm³/mol. The van der Waals surface area contributed by atoms with E-state index in [-0.39, 0.29) is 5.76 Å². The third kappa shape index (κ3) is 8.08. The number of nitrogens with zero attached hydrogens (tertiary/aromatic N) is 1. The number of nitrogens with one attached hydrogen (secondary N) is 1. The van der Waals surface area contributed by atoms with Crippen molar-refractivity contribution in [3.8, 4) is 0 Å². The summed E-state index contributed by atoms with van der Waals surface area (Å²) in [6, 6.07) is 7.92. The number of aliphatic hydroxyl groups is 1. The lowest BCUT2D eigenvalue weighted by molar-refractivity contribution is -0.147. The van der Waals surface area contributed by atoms with Crippen molar-refractivity contribution in [2.24, 2.45) is 4.99 Å². The molecule has 12 heteroatoms. The van der Waals surface area contributed by atoms with Gasteiger partial charge in [0, 0.05) is 33.2 Å². The molecule has 268 valence electrons. The van der Waals surface area contributed by atoms with Gasteiger partial charge in [0.25, 0.3) is 0 Å². The second kappa shape index (κ2) is 16.5. The Morgan fingerprint density at radius 1 is 0.840 bits per heavy atom. The predicted octanol–water partition coefficient (Wildman–Crippen LogP) is 8.94. The highest BCUT2D eigenvalue weighted by molar-refractivity contribution is 9.10. The molecule has 2 spiro atoms. The minimum Gasteiger partial charge on any atom is -0.507 e. The summed E-state index contributed by atoms with van der Waals surface area (Å²) in [5.41, 5.74) is 4.70. The number of benzene rings is 2. The summed E-state index contributed by atoms with van der Waals surface area (Å²) in [5, 5.41) is 13.2. The second-order valence-electron chi connectivity index (χ2n) is 13.0. The minimum atomic E-state index is -0.811. The van der Waals surface area contributed by atoms with E-state index in [4.69, 9.17) is 19.0 Å². The topological polar surface area (TPSA) is 141 Å². The molecule has 50 heavy (non-hydrogen) atoms. The van der Waals surface area contributed by atoms with E-state index in [1.165, 1.54) is 6.08 Å². The van der Waals surface area contributed by atoms with Gasteiger partial charge in [0.05, 0.1) is 0 Å². The van der Waals surface area contributed by atoms with Gasteiger partial charge in [-0.3, -0.25) is 0 Å². The van der Waals surface area contributed by atoms with Crippen molar-refractivity contribution in [1.82, 2.24) is 5.32 Å². The molecule has 2 aliphatic carbocycles. The number of hydrogen-bond acceptors (Lipinski definition) is 9. The van der Waals surface area contributed by atoms with Crippen LogP contribution in [-0.4, -0.2) is 53.5 Å². The van der Waals surface area contributed by atoms with E-state index in [1.807, 2.05) is 58.9 Å². The number of halogens is 2. The quantitative estimate of drug-likeness (QED) is 0.132. The largest absolute Gasteiger partial charge is 0.507 e. The van der Waals surface area contributed by atoms with E-state index < -0.39 is 29.2 Å². The highest BCUT2D eigenvalue weighted by Gasteiger charge is 2.53. The number of carbonyl (C=O) groups excluding carboxylic acids is 4. The first-order chi connectivity index (χ1) is 23.7. The average molecular weight is 817 g/mol. The standard InChI is InChI=1S/C19H22BrNO4.C16H17BrO3.C3H5NO/c1-4-21-18(23)24-16-15(14-12(3)9-11(2)10-13(14)20)17(22)25-19(16)7-5-6-8-19;1-9-7-10(2)12(11(17)8-9)13-14(18)16(20-15(13)19)5-3-4-6-16;1-2-4-3-5/h9-10H,4-8H2,1-3H3,(H,21,23);7-8,18H,3-6H2,1-2H3;2H2,1H3. The van der Waals surface area contributed by atoms with Gasteiger partial charge in [-0.05, 0) is 127 Å². The Labute approximate surface area is 310 Å². The fourth-order valence-corrected chi connectivity index (χ4v) is 8.88. The molecule has 0 bridgehead atoms. The van der Waals surface area contributed by atoms with Crippen LogP contribution in [0.2, 0.25) is 0 Å². The Morgan fingerprint density at radius 3 is 1.74 bits per heavy atom. The first-order valence-corrected chi connectivity index (χ1v) is 18.5. The zero-order chi connectivity index (χ0) is 36.8. The molecule has 2 aromatic carbocycles. The van der Waals surface area contributed by atoms with Gasteiger partial charge in [-0.15, -0.1) is 0 Å². The highest BCUT2D eigenvalue weighted by atomic mass is 79.9. The summed E-state index contributed by atoms with van der Waals surface area (Å²) in [7, 11) is 0. The molecule has 2 N–H and O–H groups in total. The fourth-order valence-electron chi connectivity index (χ4n) is 7.14. The molecule has 2 aliphatic heterocycles. The van der Waals surface area contributed by atoms with Crippen LogP contribution in [0.15, 0.2) is 49.7 Å². The molecule has 0 aromatic heterocycles. The smallest absolute Gasteiger partial charge is 0.412 e. The van der Waals surface area contributed by atoms with Gasteiger partial charge in [0.2, 0.25) is 6.08 Å². The molecule has 2 fully saturated rings. The van der Waals surface area contributed by atoms with Crippen LogP contribution in [0.3, 0.4) is 0 Å². The van der Waals surface area contributed by atoms with Gasteiger partial charge in [0.15, 0.2) is 22.7 Å². The third-order valence-corrected chi connectivity index (χ3v) is 10.5. The Morgan fingerprint density at radius 2 is 1.30 bits per heavy atom. The molecule has 2 aromatic rings. The summed E-state index contributed by atoms with van der Waals surface area (Å²) in [4.78, 5) is 49.4. The van der Waals surface area contributed by atoms with Crippen LogP contribution in [0.1, 0.15) is 98.6 Å². The van der Waals surface area contributed by atoms with Crippen molar-refractivity contribution in [3.63, 3.8) is 0 Å². The molecular formula is C38H44Br2N2O8. The van der Waals surface area contributed by atoms with E-state index in [0.29, 0.717) is 42.8 Å². The van der Waals surface area contributed by atoms with E-state index in [9.17, 15) is 19.5 Å². The number of amides is 1. The van der Waals surface area contributed by atoms with Crippen molar-refractivity contribution in [2.45, 2.75) is 104 Å². The number of ether oxygens (including phenoxy) is 3. The van der Waals surface area contributed by atoms with Crippen LogP contribution >= 0.6 is 31.9 Å². The molecular weight excluding hydrogens is 772 g/mol. The maximum atomic E-state index is 12.8. The summed E-state index contributed by atoms with van der Waals surface area (Å²) in [6.07, 6.45) is 7.49. The molecule has 0 saturated heterocycles. The van der Waals surface area contributed by atoms with Crippen LogP contribution in [-0.2, 0) is 28.6 Å². The molecule has 2 saturated carbocycles. The Balaban J connectivity index is 0.000000202. The number of carbonyl (C=O) groups is 3. The van der Waals surface area contributed by atoms with Crippen LogP contribution in [0.5, 0.6) is 0 Å². The zero-order valence-corrected chi connectivity index (χ0v) is 32.6. The van der Waals surface area contributed by atoms with Crippen LogP contribution < -0.4 is 5.32 Å². The number of aryl methyl sites for hydroxylation is 4. The zero-order valence-electron chi connectivity index (χ0n) is 29.4. The second-order valence-corrected chi connectivity index (χ2v) is 14.7. The molecule has 1 amide bonds. The van der Waals surface area contributed by atoms with Gasteiger partial charge in [-0.25, -0.2) is 24.2 Å². The number of rotatable bonds is 5. The van der Waals surface area contributed by atoms with Crippen molar-refractivity contribution < 1.29 is 38.5 Å². The maximum Gasteiger partial charge on any atom is 0.412 e. The molecule has 0 atom stereocenters. The van der Waals surface area contributed by atoms with E-state index in [2.05, 4.69) is 42.2 Å². The Bertz CT molecular complexity index is 1730. The van der Waals surface area contributed by atoms with Crippen molar-refractivity contribution >= 4 is 67.1 Å². The van der Waals surface area contributed by atoms with Gasteiger partial charge in [0.1, 0.15) is 11.1 Å². The first kappa shape index (κ1) is 39.1. The SMILES string of the molecule is CCN=C=O.CCNC(=O)OC1=C(c2c(C)cc(C)cc2Br)C(=O)OC12CCCC2.Cc1cc(C)c(C2=C(O)C3(CCCC3)OC2=O)c(Br)c1. The first-order valence-electron chi connectivity index (χ1n) is 16.9. The monoisotopic (exact) mass is 814 g/mol. The normalized spacial score (nSPS) is 18.2. The van der Waals surface area contributed by atoms with Crippen molar-refractivity contribution in [2.75, 3.05) is 13.1 Å². The van der Waals surface area contributed by atoms with Crippen LogP contribution in [0, 0.1) is 27.7 Å². The van der Waals surface area contributed by atoms with E-state index in [0.717, 1.165) is 80.9 Å². The molecule has 10 nitrogen and oxygen atoms in total. The number of aliphatic hydroxyl groups excluding tert-OH is 1. The molecule has 0 radical (unpaired) electrons. The Hall–Kier alpha value is -3.73. The molecule has 2 heterocycles. The lowest BCUT2D eigenvalue weighted by atomic mass is 9.93. The number of hydrogen-bond donors (Lipinski definition) is 2. The average Bonchev–Trinajstić information content (AvgIpc) is 3.80. The minimum absolute atomic E-state index is 0.118. The number of isocyanates is 1. The maximum absolute atomic E-state index is 12.8. The lowest BCUT2D eigenvalue weighted by Crippen LogP contribution is -2.33. The molecule has 0 unspecified atom stereocenters. The Kier molecular flexibility index (Phi) is 12.9. The summed E-state index contributed by atoms with van der Waals surface area (Å²) in [6.45, 7) is 12.5. The van der Waals surface area contributed by atoms with Crippen molar-refractivity contribution in [1.29, 1.82) is 0 Å². The van der Waals surface area contributed by atoms with E-state index >= 15 is 0 Å². The van der Waals surface area contributed by atoms with Crippen molar-refractivity contribution in [3.05, 3.63) is 78.1 Å². The summed E-state index contributed by atoms with van der Waals surface area (Å²) < 4.78 is 18.6.